The molecule has 1 aliphatic heterocycles. The fourth-order valence-electron chi connectivity index (χ4n) is 2.06. The molecule has 1 aliphatic rings. The van der Waals surface area contributed by atoms with E-state index in [1.54, 1.807) is 0 Å². The van der Waals surface area contributed by atoms with Crippen molar-refractivity contribution in [2.75, 3.05) is 18.5 Å². The molecule has 0 fully saturated rings. The Morgan fingerprint density at radius 3 is 3.14 bits per heavy atom. The van der Waals surface area contributed by atoms with Crippen LogP contribution in [-0.4, -0.2) is 18.3 Å². The van der Waals surface area contributed by atoms with Crippen molar-refractivity contribution in [1.82, 2.24) is 0 Å². The zero-order chi connectivity index (χ0) is 9.97. The molecule has 2 nitrogen and oxygen atoms in total. The van der Waals surface area contributed by atoms with Gasteiger partial charge in [0.2, 0.25) is 0 Å². The second kappa shape index (κ2) is 4.01. The Morgan fingerprint density at radius 1 is 1.50 bits per heavy atom. The van der Waals surface area contributed by atoms with Gasteiger partial charge in [0.25, 0.3) is 0 Å². The van der Waals surface area contributed by atoms with E-state index >= 15 is 0 Å². The van der Waals surface area contributed by atoms with E-state index in [-0.39, 0.29) is 0 Å². The maximum atomic E-state index is 8.88. The average molecular weight is 191 g/mol. The van der Waals surface area contributed by atoms with Gasteiger partial charge in [0.05, 0.1) is 0 Å². The number of aryl methyl sites for hydroxylation is 1. The molecule has 0 aromatic heterocycles. The molecule has 1 heterocycles. The van der Waals surface area contributed by atoms with E-state index in [1.807, 2.05) is 0 Å². The van der Waals surface area contributed by atoms with Crippen molar-refractivity contribution in [3.05, 3.63) is 29.3 Å². The molecule has 0 saturated carbocycles. The van der Waals surface area contributed by atoms with E-state index in [0.29, 0.717) is 12.5 Å². The van der Waals surface area contributed by atoms with Crippen LogP contribution in [0.15, 0.2) is 18.2 Å². The normalized spacial score (nSPS) is 20.0. The lowest BCUT2D eigenvalue weighted by atomic mass is 9.91. The topological polar surface area (TPSA) is 32.3 Å². The molecule has 0 radical (unpaired) electrons. The van der Waals surface area contributed by atoms with Gasteiger partial charge in [-0.2, -0.15) is 0 Å². The Kier molecular flexibility index (Phi) is 2.73. The fraction of sp³-hybridized carbons (Fsp3) is 0.500. The summed E-state index contributed by atoms with van der Waals surface area (Å²) < 4.78 is 0. The molecule has 1 atom stereocenters. The second-order valence-corrected chi connectivity index (χ2v) is 4.12. The molecule has 76 valence electrons. The van der Waals surface area contributed by atoms with E-state index in [0.717, 1.165) is 19.4 Å². The molecule has 0 bridgehead atoms. The molecule has 0 spiro atoms. The highest BCUT2D eigenvalue weighted by Crippen LogP contribution is 2.26. The van der Waals surface area contributed by atoms with E-state index < -0.39 is 0 Å². The summed E-state index contributed by atoms with van der Waals surface area (Å²) in [6.07, 6.45) is 2.00. The van der Waals surface area contributed by atoms with Crippen molar-refractivity contribution in [2.24, 2.45) is 5.92 Å². The molecule has 2 heteroatoms. The van der Waals surface area contributed by atoms with Crippen LogP contribution in [0.3, 0.4) is 0 Å². The van der Waals surface area contributed by atoms with Crippen LogP contribution in [0.1, 0.15) is 17.5 Å². The number of anilines is 1. The van der Waals surface area contributed by atoms with E-state index in [9.17, 15) is 0 Å². The third kappa shape index (κ3) is 1.90. The van der Waals surface area contributed by atoms with Crippen LogP contribution in [0.25, 0.3) is 0 Å². The van der Waals surface area contributed by atoms with E-state index in [2.05, 4.69) is 30.4 Å². The van der Waals surface area contributed by atoms with Crippen molar-refractivity contribution < 1.29 is 5.11 Å². The number of hydrogen-bond acceptors (Lipinski definition) is 2. The largest absolute Gasteiger partial charge is 0.396 e. The van der Waals surface area contributed by atoms with Gasteiger partial charge in [0, 0.05) is 18.8 Å². The lowest BCUT2D eigenvalue weighted by molar-refractivity contribution is 0.258. The summed E-state index contributed by atoms with van der Waals surface area (Å²) in [6, 6.07) is 6.55. The van der Waals surface area contributed by atoms with Gasteiger partial charge in [0.15, 0.2) is 0 Å². The molecule has 14 heavy (non-hydrogen) atoms. The minimum Gasteiger partial charge on any atom is -0.396 e. The lowest BCUT2D eigenvalue weighted by Crippen LogP contribution is -2.23. The summed E-state index contributed by atoms with van der Waals surface area (Å²) in [4.78, 5) is 0. The predicted molar refractivity (Wildman–Crippen MR) is 58.6 cm³/mol. The molecule has 1 unspecified atom stereocenters. The Balaban J connectivity index is 2.15. The summed E-state index contributed by atoms with van der Waals surface area (Å²) in [6.45, 7) is 3.41. The van der Waals surface area contributed by atoms with Gasteiger partial charge < -0.3 is 10.4 Å². The van der Waals surface area contributed by atoms with Crippen LogP contribution >= 0.6 is 0 Å². The van der Waals surface area contributed by atoms with Crippen molar-refractivity contribution in [3.63, 3.8) is 0 Å². The third-order valence-corrected chi connectivity index (χ3v) is 2.89. The third-order valence-electron chi connectivity index (χ3n) is 2.89. The number of hydrogen-bond donors (Lipinski definition) is 2. The smallest absolute Gasteiger partial charge is 0.0434 e. The van der Waals surface area contributed by atoms with Crippen molar-refractivity contribution in [1.29, 1.82) is 0 Å². The lowest BCUT2D eigenvalue weighted by Gasteiger charge is -2.25. The number of aliphatic hydroxyl groups excluding tert-OH is 1. The van der Waals surface area contributed by atoms with Crippen molar-refractivity contribution >= 4 is 5.69 Å². The number of rotatable bonds is 2. The maximum Gasteiger partial charge on any atom is 0.0434 e. The SMILES string of the molecule is Cc1ccc2c(c1)NCC(CCO)C2. The molecule has 1 aromatic rings. The first kappa shape index (κ1) is 9.53. The van der Waals surface area contributed by atoms with Crippen molar-refractivity contribution in [2.45, 2.75) is 19.8 Å². The number of nitrogens with one attached hydrogen (secondary N) is 1. The molecule has 1 aromatic carbocycles. The number of fused-ring (bicyclic) bond motifs is 1. The minimum atomic E-state index is 0.299. The summed E-state index contributed by atoms with van der Waals surface area (Å²) in [7, 11) is 0. The standard InChI is InChI=1S/C12H17NO/c1-9-2-3-11-7-10(4-5-14)8-13-12(11)6-9/h2-3,6,10,13-14H,4-5,7-8H2,1H3. The van der Waals surface area contributed by atoms with Gasteiger partial charge in [-0.3, -0.25) is 0 Å². The van der Waals surface area contributed by atoms with Crippen LogP contribution in [0.4, 0.5) is 5.69 Å². The minimum absolute atomic E-state index is 0.299. The van der Waals surface area contributed by atoms with Gasteiger partial charge in [-0.25, -0.2) is 0 Å². The Hall–Kier alpha value is -1.02. The van der Waals surface area contributed by atoms with Gasteiger partial charge in [-0.05, 0) is 42.9 Å². The van der Waals surface area contributed by atoms with Gasteiger partial charge in [0.1, 0.15) is 0 Å². The number of benzene rings is 1. The molecule has 0 saturated heterocycles. The second-order valence-electron chi connectivity index (χ2n) is 4.12. The first-order valence-electron chi connectivity index (χ1n) is 5.24. The maximum absolute atomic E-state index is 8.88. The van der Waals surface area contributed by atoms with Crippen LogP contribution in [0.5, 0.6) is 0 Å². The zero-order valence-corrected chi connectivity index (χ0v) is 8.59. The van der Waals surface area contributed by atoms with Crippen LogP contribution < -0.4 is 5.32 Å². The number of aliphatic hydroxyl groups is 1. The van der Waals surface area contributed by atoms with Crippen LogP contribution in [0, 0.1) is 12.8 Å². The summed E-state index contributed by atoms with van der Waals surface area (Å²) in [5, 5.41) is 12.3. The van der Waals surface area contributed by atoms with Crippen molar-refractivity contribution in [3.8, 4) is 0 Å². The van der Waals surface area contributed by atoms with Gasteiger partial charge >= 0.3 is 0 Å². The Bertz CT molecular complexity index is 322. The fourth-order valence-corrected chi connectivity index (χ4v) is 2.06. The zero-order valence-electron chi connectivity index (χ0n) is 8.59. The first-order chi connectivity index (χ1) is 6.79. The molecule has 0 amide bonds. The van der Waals surface area contributed by atoms with E-state index in [4.69, 9.17) is 5.11 Å². The van der Waals surface area contributed by atoms with Crippen LogP contribution in [0.2, 0.25) is 0 Å². The molecular formula is C12H17NO. The van der Waals surface area contributed by atoms with E-state index in [1.165, 1.54) is 16.8 Å². The first-order valence-corrected chi connectivity index (χ1v) is 5.24. The summed E-state index contributed by atoms with van der Waals surface area (Å²) >= 11 is 0. The van der Waals surface area contributed by atoms with Crippen LogP contribution in [-0.2, 0) is 6.42 Å². The highest BCUT2D eigenvalue weighted by molar-refractivity contribution is 5.55. The Labute approximate surface area is 85.0 Å². The monoisotopic (exact) mass is 191 g/mol. The summed E-state index contributed by atoms with van der Waals surface area (Å²) in [5.41, 5.74) is 3.97. The molecular weight excluding hydrogens is 174 g/mol. The van der Waals surface area contributed by atoms with Gasteiger partial charge in [-0.1, -0.05) is 12.1 Å². The molecule has 2 N–H and O–H groups in total. The average Bonchev–Trinajstić information content (AvgIpc) is 2.19. The molecule has 2 rings (SSSR count). The highest BCUT2D eigenvalue weighted by Gasteiger charge is 2.17. The van der Waals surface area contributed by atoms with Gasteiger partial charge in [-0.15, -0.1) is 0 Å². The quantitative estimate of drug-likeness (QED) is 0.749. The summed E-state index contributed by atoms with van der Waals surface area (Å²) in [5.74, 6) is 0.593. The highest BCUT2D eigenvalue weighted by atomic mass is 16.3. The molecule has 0 aliphatic carbocycles. The predicted octanol–water partition coefficient (Wildman–Crippen LogP) is 1.96. The Morgan fingerprint density at radius 2 is 2.36 bits per heavy atom.